The van der Waals surface area contributed by atoms with E-state index in [9.17, 15) is 4.79 Å². The second kappa shape index (κ2) is 4.01. The first-order chi connectivity index (χ1) is 6.33. The summed E-state index contributed by atoms with van der Waals surface area (Å²) in [6.45, 7) is 5.92. The van der Waals surface area contributed by atoms with Crippen LogP contribution in [-0.2, 0) is 4.79 Å². The van der Waals surface area contributed by atoms with Crippen LogP contribution >= 0.6 is 0 Å². The van der Waals surface area contributed by atoms with Crippen molar-refractivity contribution in [3.63, 3.8) is 0 Å². The van der Waals surface area contributed by atoms with Crippen LogP contribution in [-0.4, -0.2) is 11.3 Å². The normalized spacial score (nSPS) is 22.0. The van der Waals surface area contributed by atoms with E-state index in [0.29, 0.717) is 12.2 Å². The first-order valence-corrected chi connectivity index (χ1v) is 5.66. The summed E-state index contributed by atoms with van der Waals surface area (Å²) in [5.41, 5.74) is 5.81. The summed E-state index contributed by atoms with van der Waals surface area (Å²) in [5, 5.41) is 0. The predicted octanol–water partition coefficient (Wildman–Crippen LogP) is 2.65. The zero-order chi connectivity index (χ0) is 10.8. The molecule has 2 heteroatoms. The molecular weight excluding hydrogens is 174 g/mol. The third kappa shape index (κ3) is 3.09. The van der Waals surface area contributed by atoms with E-state index in [1.807, 2.05) is 20.8 Å². The van der Waals surface area contributed by atoms with Crippen LogP contribution in [0.1, 0.15) is 59.3 Å². The van der Waals surface area contributed by atoms with Gasteiger partial charge in [-0.05, 0) is 12.8 Å². The van der Waals surface area contributed by atoms with Gasteiger partial charge in [0.15, 0.2) is 0 Å². The van der Waals surface area contributed by atoms with Crippen molar-refractivity contribution in [2.24, 2.45) is 11.1 Å². The highest BCUT2D eigenvalue weighted by molar-refractivity contribution is 5.84. The van der Waals surface area contributed by atoms with Gasteiger partial charge in [0.25, 0.3) is 0 Å². The van der Waals surface area contributed by atoms with Gasteiger partial charge < -0.3 is 5.73 Å². The van der Waals surface area contributed by atoms with E-state index in [0.717, 1.165) is 12.8 Å². The lowest BCUT2D eigenvalue weighted by molar-refractivity contribution is -0.127. The molecule has 0 spiro atoms. The smallest absolute Gasteiger partial charge is 0.140 e. The second-order valence-electron chi connectivity index (χ2n) is 5.77. The zero-order valence-corrected chi connectivity index (χ0v) is 9.73. The molecule has 1 aliphatic rings. The van der Waals surface area contributed by atoms with Gasteiger partial charge in [-0.3, -0.25) is 4.79 Å². The highest BCUT2D eigenvalue weighted by Gasteiger charge is 2.33. The minimum absolute atomic E-state index is 0.192. The number of nitrogens with two attached hydrogens (primary N) is 1. The minimum Gasteiger partial charge on any atom is -0.325 e. The lowest BCUT2D eigenvalue weighted by Crippen LogP contribution is -2.45. The van der Waals surface area contributed by atoms with Gasteiger partial charge in [0.2, 0.25) is 0 Å². The molecule has 0 radical (unpaired) electrons. The van der Waals surface area contributed by atoms with E-state index in [1.165, 1.54) is 19.3 Å². The van der Waals surface area contributed by atoms with Crippen molar-refractivity contribution in [2.45, 2.75) is 64.8 Å². The molecule has 2 N–H and O–H groups in total. The van der Waals surface area contributed by atoms with Crippen LogP contribution in [0.15, 0.2) is 0 Å². The summed E-state index contributed by atoms with van der Waals surface area (Å²) < 4.78 is 0. The molecule has 2 nitrogen and oxygen atoms in total. The van der Waals surface area contributed by atoms with Crippen LogP contribution in [0.25, 0.3) is 0 Å². The van der Waals surface area contributed by atoms with Crippen LogP contribution in [0, 0.1) is 5.41 Å². The highest BCUT2D eigenvalue weighted by atomic mass is 16.1. The molecule has 0 amide bonds. The van der Waals surface area contributed by atoms with E-state index < -0.39 is 0 Å². The molecule has 0 atom stereocenters. The summed E-state index contributed by atoms with van der Waals surface area (Å²) in [6, 6.07) is 0. The first kappa shape index (κ1) is 11.7. The fourth-order valence-electron chi connectivity index (χ4n) is 2.02. The molecule has 1 fully saturated rings. The SMILES string of the molecule is CC(C)(C)C(=O)CC1(N)CCCCC1. The Kier molecular flexibility index (Phi) is 3.36. The van der Waals surface area contributed by atoms with Gasteiger partial charge in [-0.25, -0.2) is 0 Å². The largest absolute Gasteiger partial charge is 0.325 e. The zero-order valence-electron chi connectivity index (χ0n) is 9.73. The molecule has 1 aliphatic carbocycles. The Morgan fingerprint density at radius 1 is 1.21 bits per heavy atom. The van der Waals surface area contributed by atoms with Crippen molar-refractivity contribution in [1.29, 1.82) is 0 Å². The van der Waals surface area contributed by atoms with Gasteiger partial charge in [0.1, 0.15) is 5.78 Å². The molecule has 1 rings (SSSR count). The van der Waals surface area contributed by atoms with Crippen molar-refractivity contribution < 1.29 is 4.79 Å². The maximum absolute atomic E-state index is 11.9. The molecule has 0 aromatic carbocycles. The van der Waals surface area contributed by atoms with Gasteiger partial charge in [-0.15, -0.1) is 0 Å². The van der Waals surface area contributed by atoms with Crippen molar-refractivity contribution in [3.05, 3.63) is 0 Å². The van der Waals surface area contributed by atoms with Gasteiger partial charge in [-0.2, -0.15) is 0 Å². The van der Waals surface area contributed by atoms with Crippen molar-refractivity contribution >= 4 is 5.78 Å². The molecule has 0 aromatic heterocycles. The van der Waals surface area contributed by atoms with E-state index in [-0.39, 0.29) is 11.0 Å². The Bertz CT molecular complexity index is 209. The molecule has 1 saturated carbocycles. The third-order valence-electron chi connectivity index (χ3n) is 3.20. The molecule has 0 aromatic rings. The van der Waals surface area contributed by atoms with Crippen LogP contribution in [0.5, 0.6) is 0 Å². The number of carbonyl (C=O) groups excluding carboxylic acids is 1. The van der Waals surface area contributed by atoms with Crippen molar-refractivity contribution in [2.75, 3.05) is 0 Å². The number of ketones is 1. The average molecular weight is 197 g/mol. The predicted molar refractivity (Wildman–Crippen MR) is 59.1 cm³/mol. The summed E-state index contributed by atoms with van der Waals surface area (Å²) in [6.07, 6.45) is 6.27. The fourth-order valence-corrected chi connectivity index (χ4v) is 2.02. The Morgan fingerprint density at radius 3 is 2.14 bits per heavy atom. The monoisotopic (exact) mass is 197 g/mol. The van der Waals surface area contributed by atoms with Crippen molar-refractivity contribution in [1.82, 2.24) is 0 Å². The standard InChI is InChI=1S/C12H23NO/c1-11(2,3)10(14)9-12(13)7-5-4-6-8-12/h4-9,13H2,1-3H3. The maximum atomic E-state index is 11.9. The molecule has 82 valence electrons. The van der Waals surface area contributed by atoms with Crippen LogP contribution in [0.4, 0.5) is 0 Å². The van der Waals surface area contributed by atoms with Gasteiger partial charge in [0, 0.05) is 17.4 Å². The van der Waals surface area contributed by atoms with E-state index in [4.69, 9.17) is 5.73 Å². The molecule has 0 saturated heterocycles. The summed E-state index contributed by atoms with van der Waals surface area (Å²) >= 11 is 0. The quantitative estimate of drug-likeness (QED) is 0.739. The summed E-state index contributed by atoms with van der Waals surface area (Å²) in [7, 11) is 0. The average Bonchev–Trinajstić information content (AvgIpc) is 2.02. The lowest BCUT2D eigenvalue weighted by Gasteiger charge is -2.34. The topological polar surface area (TPSA) is 43.1 Å². The second-order valence-corrected chi connectivity index (χ2v) is 5.77. The van der Waals surface area contributed by atoms with Crippen molar-refractivity contribution in [3.8, 4) is 0 Å². The maximum Gasteiger partial charge on any atom is 0.140 e. The molecule has 14 heavy (non-hydrogen) atoms. The van der Waals surface area contributed by atoms with Crippen LogP contribution in [0.2, 0.25) is 0 Å². The van der Waals surface area contributed by atoms with Crippen LogP contribution in [0.3, 0.4) is 0 Å². The van der Waals surface area contributed by atoms with Gasteiger partial charge >= 0.3 is 0 Å². The third-order valence-corrected chi connectivity index (χ3v) is 3.20. The van der Waals surface area contributed by atoms with E-state index in [1.54, 1.807) is 0 Å². The Labute approximate surface area is 87.2 Å². The molecule has 0 bridgehead atoms. The Morgan fingerprint density at radius 2 is 1.71 bits per heavy atom. The molecule has 0 heterocycles. The molecular formula is C12H23NO. The van der Waals surface area contributed by atoms with E-state index in [2.05, 4.69) is 0 Å². The van der Waals surface area contributed by atoms with Crippen LogP contribution < -0.4 is 5.73 Å². The number of rotatable bonds is 2. The Balaban J connectivity index is 2.54. The van der Waals surface area contributed by atoms with Gasteiger partial charge in [0.05, 0.1) is 0 Å². The minimum atomic E-state index is -0.232. The number of carbonyl (C=O) groups is 1. The summed E-state index contributed by atoms with van der Waals surface area (Å²) in [4.78, 5) is 11.9. The fraction of sp³-hybridized carbons (Fsp3) is 0.917. The lowest BCUT2D eigenvalue weighted by atomic mass is 9.75. The first-order valence-electron chi connectivity index (χ1n) is 5.66. The number of hydrogen-bond acceptors (Lipinski definition) is 2. The van der Waals surface area contributed by atoms with Gasteiger partial charge in [-0.1, -0.05) is 40.0 Å². The molecule has 0 aliphatic heterocycles. The van der Waals surface area contributed by atoms with E-state index >= 15 is 0 Å². The number of hydrogen-bond donors (Lipinski definition) is 1. The summed E-state index contributed by atoms with van der Waals surface area (Å²) in [5.74, 6) is 0.307. The highest BCUT2D eigenvalue weighted by Crippen LogP contribution is 2.31. The Hall–Kier alpha value is -0.370. The molecule has 0 unspecified atom stereocenters. The number of Topliss-reactive ketones (excluding diaryl/α,β-unsaturated/α-hetero) is 1.